The quantitative estimate of drug-likeness (QED) is 0.839. The third-order valence-corrected chi connectivity index (χ3v) is 3.78. The van der Waals surface area contributed by atoms with Crippen molar-refractivity contribution in [2.24, 2.45) is 11.8 Å². The molecule has 2 rings (SSSR count). The second-order valence-corrected chi connectivity index (χ2v) is 6.05. The van der Waals surface area contributed by atoms with Gasteiger partial charge in [-0.3, -0.25) is 4.90 Å². The normalized spacial score (nSPS) is 24.9. The van der Waals surface area contributed by atoms with Gasteiger partial charge in [-0.2, -0.15) is 13.2 Å². The Labute approximate surface area is 117 Å². The van der Waals surface area contributed by atoms with Crippen LogP contribution < -0.4 is 5.73 Å². The molecule has 1 aromatic carbocycles. The lowest BCUT2D eigenvalue weighted by Gasteiger charge is -2.35. The maximum atomic E-state index is 13.1. The van der Waals surface area contributed by atoms with Crippen molar-refractivity contribution in [1.29, 1.82) is 0 Å². The minimum atomic E-state index is -4.35. The largest absolute Gasteiger partial charge is 0.416 e. The lowest BCUT2D eigenvalue weighted by Crippen LogP contribution is -2.38. The molecule has 0 aromatic heterocycles. The standard InChI is InChI=1S/C15H21F3N2/c1-10-5-11(2)8-20(7-10)9-12-3-4-13(19)6-14(12)15(16,17)18/h3-4,6,10-11H,5,7-9,19H2,1-2H3. The number of anilines is 1. The Balaban J connectivity index is 2.21. The van der Waals surface area contributed by atoms with Crippen LogP contribution in [0, 0.1) is 11.8 Å². The van der Waals surface area contributed by atoms with Crippen molar-refractivity contribution >= 4 is 5.69 Å². The lowest BCUT2D eigenvalue weighted by molar-refractivity contribution is -0.138. The second kappa shape index (κ2) is 5.64. The van der Waals surface area contributed by atoms with E-state index in [1.54, 1.807) is 6.07 Å². The van der Waals surface area contributed by atoms with Crippen LogP contribution in [0.2, 0.25) is 0 Å². The molecule has 20 heavy (non-hydrogen) atoms. The predicted octanol–water partition coefficient (Wildman–Crippen LogP) is 3.77. The summed E-state index contributed by atoms with van der Waals surface area (Å²) in [4.78, 5) is 2.11. The van der Waals surface area contributed by atoms with Crippen molar-refractivity contribution in [3.63, 3.8) is 0 Å². The molecule has 2 nitrogen and oxygen atoms in total. The highest BCUT2D eigenvalue weighted by Gasteiger charge is 2.34. The van der Waals surface area contributed by atoms with Crippen LogP contribution in [-0.4, -0.2) is 18.0 Å². The molecular formula is C15H21F3N2. The van der Waals surface area contributed by atoms with E-state index in [9.17, 15) is 13.2 Å². The summed E-state index contributed by atoms with van der Waals surface area (Å²) in [7, 11) is 0. The number of likely N-dealkylation sites (tertiary alicyclic amines) is 1. The summed E-state index contributed by atoms with van der Waals surface area (Å²) in [5.41, 5.74) is 5.35. The Morgan fingerprint density at radius 3 is 2.35 bits per heavy atom. The van der Waals surface area contributed by atoms with Gasteiger partial charge < -0.3 is 5.73 Å². The second-order valence-electron chi connectivity index (χ2n) is 6.05. The van der Waals surface area contributed by atoms with Gasteiger partial charge in [0.05, 0.1) is 5.56 Å². The first-order valence-corrected chi connectivity index (χ1v) is 6.93. The molecule has 2 N–H and O–H groups in total. The fourth-order valence-electron chi connectivity index (χ4n) is 3.16. The summed E-state index contributed by atoms with van der Waals surface area (Å²) in [6, 6.07) is 4.08. The Morgan fingerprint density at radius 1 is 1.20 bits per heavy atom. The highest BCUT2D eigenvalue weighted by Crippen LogP contribution is 2.34. The molecule has 2 unspecified atom stereocenters. The Kier molecular flexibility index (Phi) is 4.28. The fourth-order valence-corrected chi connectivity index (χ4v) is 3.16. The van der Waals surface area contributed by atoms with Crippen LogP contribution in [-0.2, 0) is 12.7 Å². The third-order valence-electron chi connectivity index (χ3n) is 3.78. The van der Waals surface area contributed by atoms with Gasteiger partial charge in [0.25, 0.3) is 0 Å². The maximum Gasteiger partial charge on any atom is 0.416 e. The average Bonchev–Trinajstić information content (AvgIpc) is 2.28. The number of nitrogens with zero attached hydrogens (tertiary/aromatic N) is 1. The molecule has 0 radical (unpaired) electrons. The number of alkyl halides is 3. The molecule has 0 amide bonds. The number of piperidine rings is 1. The highest BCUT2D eigenvalue weighted by molar-refractivity contribution is 5.46. The lowest BCUT2D eigenvalue weighted by atomic mass is 9.91. The maximum absolute atomic E-state index is 13.1. The molecule has 1 aliphatic heterocycles. The van der Waals surface area contributed by atoms with Crippen molar-refractivity contribution in [2.45, 2.75) is 33.0 Å². The third kappa shape index (κ3) is 3.66. The van der Waals surface area contributed by atoms with Crippen LogP contribution in [0.25, 0.3) is 0 Å². The van der Waals surface area contributed by atoms with Crippen molar-refractivity contribution in [2.75, 3.05) is 18.8 Å². The first-order valence-electron chi connectivity index (χ1n) is 6.93. The van der Waals surface area contributed by atoms with E-state index in [4.69, 9.17) is 5.73 Å². The molecule has 1 aliphatic rings. The van der Waals surface area contributed by atoms with E-state index < -0.39 is 11.7 Å². The molecule has 112 valence electrons. The van der Waals surface area contributed by atoms with E-state index in [-0.39, 0.29) is 5.69 Å². The van der Waals surface area contributed by atoms with E-state index in [2.05, 4.69) is 18.7 Å². The number of benzene rings is 1. The monoisotopic (exact) mass is 286 g/mol. The summed E-state index contributed by atoms with van der Waals surface area (Å²) < 4.78 is 39.2. The Morgan fingerprint density at radius 2 is 1.80 bits per heavy atom. The molecule has 0 aliphatic carbocycles. The van der Waals surface area contributed by atoms with Crippen molar-refractivity contribution < 1.29 is 13.2 Å². The van der Waals surface area contributed by atoms with E-state index in [1.807, 2.05) is 0 Å². The van der Waals surface area contributed by atoms with Gasteiger partial charge in [-0.1, -0.05) is 19.9 Å². The van der Waals surface area contributed by atoms with Crippen molar-refractivity contribution in [3.8, 4) is 0 Å². The number of nitrogen functional groups attached to an aromatic ring is 1. The van der Waals surface area contributed by atoms with E-state index >= 15 is 0 Å². The molecule has 0 spiro atoms. The molecule has 1 aromatic rings. The van der Waals surface area contributed by atoms with Gasteiger partial charge in [0.2, 0.25) is 0 Å². The summed E-state index contributed by atoms with van der Waals surface area (Å²) in [6.45, 7) is 6.34. The molecule has 0 bridgehead atoms. The van der Waals surface area contributed by atoms with Gasteiger partial charge in [0.1, 0.15) is 0 Å². The van der Waals surface area contributed by atoms with E-state index in [0.717, 1.165) is 25.6 Å². The summed E-state index contributed by atoms with van der Waals surface area (Å²) in [5, 5.41) is 0. The van der Waals surface area contributed by atoms with Crippen LogP contribution in [0.4, 0.5) is 18.9 Å². The van der Waals surface area contributed by atoms with Crippen LogP contribution in [0.3, 0.4) is 0 Å². The molecule has 2 atom stereocenters. The molecule has 5 heteroatoms. The fraction of sp³-hybridized carbons (Fsp3) is 0.600. The van der Waals surface area contributed by atoms with E-state index in [0.29, 0.717) is 23.9 Å². The Bertz CT molecular complexity index is 461. The van der Waals surface area contributed by atoms with Crippen LogP contribution in [0.5, 0.6) is 0 Å². The van der Waals surface area contributed by atoms with Gasteiger partial charge in [0, 0.05) is 25.3 Å². The molecule has 1 heterocycles. The van der Waals surface area contributed by atoms with Gasteiger partial charge in [-0.05, 0) is 36.0 Å². The van der Waals surface area contributed by atoms with Crippen LogP contribution >= 0.6 is 0 Å². The van der Waals surface area contributed by atoms with E-state index in [1.165, 1.54) is 6.07 Å². The van der Waals surface area contributed by atoms with Crippen LogP contribution in [0.15, 0.2) is 18.2 Å². The summed E-state index contributed by atoms with van der Waals surface area (Å²) >= 11 is 0. The zero-order valence-electron chi connectivity index (χ0n) is 11.9. The molecule has 1 saturated heterocycles. The average molecular weight is 286 g/mol. The number of hydrogen-bond donors (Lipinski definition) is 1. The smallest absolute Gasteiger partial charge is 0.399 e. The van der Waals surface area contributed by atoms with Gasteiger partial charge >= 0.3 is 6.18 Å². The van der Waals surface area contributed by atoms with Crippen molar-refractivity contribution in [3.05, 3.63) is 29.3 Å². The van der Waals surface area contributed by atoms with Crippen molar-refractivity contribution in [1.82, 2.24) is 4.90 Å². The highest BCUT2D eigenvalue weighted by atomic mass is 19.4. The summed E-state index contributed by atoms with van der Waals surface area (Å²) in [6.07, 6.45) is -3.21. The minimum absolute atomic E-state index is 0.154. The van der Waals surface area contributed by atoms with Gasteiger partial charge in [0.15, 0.2) is 0 Å². The number of rotatable bonds is 2. The Hall–Kier alpha value is -1.23. The predicted molar refractivity (Wildman–Crippen MR) is 74.1 cm³/mol. The minimum Gasteiger partial charge on any atom is -0.399 e. The molecule has 0 saturated carbocycles. The molecule has 1 fully saturated rings. The van der Waals surface area contributed by atoms with Gasteiger partial charge in [-0.25, -0.2) is 0 Å². The SMILES string of the molecule is CC1CC(C)CN(Cc2ccc(N)cc2C(F)(F)F)C1. The first kappa shape index (κ1) is 15.2. The summed E-state index contributed by atoms with van der Waals surface area (Å²) in [5.74, 6) is 1.06. The topological polar surface area (TPSA) is 29.3 Å². The van der Waals surface area contributed by atoms with Crippen LogP contribution in [0.1, 0.15) is 31.4 Å². The number of hydrogen-bond acceptors (Lipinski definition) is 2. The zero-order valence-corrected chi connectivity index (χ0v) is 11.9. The number of nitrogens with two attached hydrogens (primary N) is 1. The number of halogens is 3. The zero-order chi connectivity index (χ0) is 14.9. The first-order chi connectivity index (χ1) is 9.25. The van der Waals surface area contributed by atoms with Gasteiger partial charge in [-0.15, -0.1) is 0 Å². The molecular weight excluding hydrogens is 265 g/mol.